The Bertz CT molecular complexity index is 732. The molecule has 0 nitrogen and oxygen atoms in total. The molecule has 0 unspecified atom stereocenters. The molecule has 28 heavy (non-hydrogen) atoms. The van der Waals surface area contributed by atoms with E-state index >= 15 is 0 Å². The molecule has 0 saturated heterocycles. The molecule has 2 aromatic carbocycles. The molecule has 0 heterocycles. The third-order valence-electron chi connectivity index (χ3n) is 5.54. The molecule has 0 heteroatoms. The summed E-state index contributed by atoms with van der Waals surface area (Å²) in [6, 6.07) is 15.3. The van der Waals surface area contributed by atoms with Crippen molar-refractivity contribution < 1.29 is 0 Å². The van der Waals surface area contributed by atoms with Crippen molar-refractivity contribution in [3.63, 3.8) is 0 Å². The highest BCUT2D eigenvalue weighted by molar-refractivity contribution is 5.48. The fraction of sp³-hybridized carbons (Fsp3) is 0.500. The van der Waals surface area contributed by atoms with Crippen molar-refractivity contribution in [1.82, 2.24) is 0 Å². The molecule has 0 spiro atoms. The van der Waals surface area contributed by atoms with Gasteiger partial charge in [0.15, 0.2) is 0 Å². The van der Waals surface area contributed by atoms with E-state index in [9.17, 15) is 0 Å². The third kappa shape index (κ3) is 7.20. The summed E-state index contributed by atoms with van der Waals surface area (Å²) >= 11 is 0. The number of hydrogen-bond acceptors (Lipinski definition) is 0. The minimum atomic E-state index is 0.755. The number of benzene rings is 2. The Labute approximate surface area is 174 Å². The fourth-order valence-electron chi connectivity index (χ4n) is 3.76. The smallest absolute Gasteiger partial charge is 0.0278 e. The van der Waals surface area contributed by atoms with Gasteiger partial charge in [-0.25, -0.2) is 0 Å². The summed E-state index contributed by atoms with van der Waals surface area (Å²) in [6.45, 7) is 14.6. The van der Waals surface area contributed by atoms with E-state index in [1.807, 2.05) is 27.7 Å². The van der Waals surface area contributed by atoms with Crippen molar-refractivity contribution in [1.29, 1.82) is 0 Å². The molecule has 1 fully saturated rings. The first-order chi connectivity index (χ1) is 13.7. The van der Waals surface area contributed by atoms with Gasteiger partial charge >= 0.3 is 0 Å². The minimum absolute atomic E-state index is 0.755. The lowest BCUT2D eigenvalue weighted by molar-refractivity contribution is 0.318. The van der Waals surface area contributed by atoms with Gasteiger partial charge in [-0.15, -0.1) is 0 Å². The van der Waals surface area contributed by atoms with Crippen LogP contribution in [0.3, 0.4) is 0 Å². The first kappa shape index (κ1) is 24.0. The maximum absolute atomic E-state index is 3.35. The Hall–Kier alpha value is -2.00. The molecule has 0 bridgehead atoms. The van der Waals surface area contributed by atoms with Crippen molar-refractivity contribution in [2.75, 3.05) is 0 Å². The number of aryl methyl sites for hydroxylation is 2. The van der Waals surface area contributed by atoms with Crippen LogP contribution in [0.1, 0.15) is 100 Å². The second-order valence-electron chi connectivity index (χ2n) is 7.32. The second-order valence-corrected chi connectivity index (χ2v) is 7.32. The Balaban J connectivity index is 0.000000921. The average Bonchev–Trinajstić information content (AvgIpc) is 2.77. The molecule has 0 amide bonds. The van der Waals surface area contributed by atoms with E-state index in [1.165, 1.54) is 48.8 Å². The Morgan fingerprint density at radius 3 is 1.93 bits per heavy atom. The largest absolute Gasteiger partial charge is 0.0683 e. The highest BCUT2D eigenvalue weighted by Gasteiger charge is 2.21. The van der Waals surface area contributed by atoms with Crippen LogP contribution in [-0.2, 0) is 0 Å². The van der Waals surface area contributed by atoms with E-state index in [2.05, 4.69) is 75.1 Å². The van der Waals surface area contributed by atoms with Gasteiger partial charge in [-0.05, 0) is 80.7 Å². The van der Waals surface area contributed by atoms with Gasteiger partial charge in [0.25, 0.3) is 0 Å². The minimum Gasteiger partial charge on any atom is -0.0683 e. The van der Waals surface area contributed by atoms with Gasteiger partial charge in [0, 0.05) is 11.1 Å². The normalized spacial score (nSPS) is 17.8. The maximum Gasteiger partial charge on any atom is 0.0278 e. The van der Waals surface area contributed by atoms with Crippen LogP contribution < -0.4 is 0 Å². The summed E-state index contributed by atoms with van der Waals surface area (Å²) in [7, 11) is 0. The Morgan fingerprint density at radius 2 is 1.39 bits per heavy atom. The SMILES string of the molecule is CC.CC.CCC1CCC(c2ccc(C#Cc3ccc(C)cc3)c(C)c2)CC1. The summed E-state index contributed by atoms with van der Waals surface area (Å²) in [5.74, 6) is 8.35. The summed E-state index contributed by atoms with van der Waals surface area (Å²) in [4.78, 5) is 0. The van der Waals surface area contributed by atoms with Crippen LogP contribution >= 0.6 is 0 Å². The topological polar surface area (TPSA) is 0 Å². The summed E-state index contributed by atoms with van der Waals surface area (Å²) in [6.07, 6.45) is 6.85. The van der Waals surface area contributed by atoms with E-state index < -0.39 is 0 Å². The van der Waals surface area contributed by atoms with Crippen molar-refractivity contribution in [2.45, 2.75) is 86.5 Å². The quantitative estimate of drug-likeness (QED) is 0.461. The lowest BCUT2D eigenvalue weighted by atomic mass is 9.77. The van der Waals surface area contributed by atoms with Crippen LogP contribution in [-0.4, -0.2) is 0 Å². The van der Waals surface area contributed by atoms with Crippen LogP contribution in [0.4, 0.5) is 0 Å². The van der Waals surface area contributed by atoms with E-state index in [0.717, 1.165) is 23.0 Å². The number of hydrogen-bond donors (Lipinski definition) is 0. The molecule has 0 radical (unpaired) electrons. The van der Waals surface area contributed by atoms with Crippen molar-refractivity contribution in [2.24, 2.45) is 5.92 Å². The second kappa shape index (κ2) is 13.2. The molecule has 152 valence electrons. The summed E-state index contributed by atoms with van der Waals surface area (Å²) in [5, 5.41) is 0. The molecule has 1 saturated carbocycles. The zero-order valence-electron chi connectivity index (χ0n) is 19.2. The van der Waals surface area contributed by atoms with Crippen molar-refractivity contribution >= 4 is 0 Å². The predicted molar refractivity (Wildman–Crippen MR) is 126 cm³/mol. The van der Waals surface area contributed by atoms with Crippen LogP contribution in [0.25, 0.3) is 0 Å². The Kier molecular flexibility index (Phi) is 11.4. The zero-order chi connectivity index (χ0) is 20.9. The molecular formula is C28H40. The van der Waals surface area contributed by atoms with Crippen molar-refractivity contribution in [3.8, 4) is 11.8 Å². The van der Waals surface area contributed by atoms with Gasteiger partial charge in [0.1, 0.15) is 0 Å². The van der Waals surface area contributed by atoms with Gasteiger partial charge in [0.2, 0.25) is 0 Å². The van der Waals surface area contributed by atoms with E-state index in [4.69, 9.17) is 0 Å². The molecule has 1 aliphatic carbocycles. The third-order valence-corrected chi connectivity index (χ3v) is 5.54. The molecule has 1 aliphatic rings. The number of rotatable bonds is 2. The van der Waals surface area contributed by atoms with Gasteiger partial charge in [-0.1, -0.05) is 82.7 Å². The molecular weight excluding hydrogens is 336 g/mol. The Morgan fingerprint density at radius 1 is 0.786 bits per heavy atom. The van der Waals surface area contributed by atoms with Crippen LogP contribution in [0, 0.1) is 31.6 Å². The van der Waals surface area contributed by atoms with Crippen LogP contribution in [0.5, 0.6) is 0 Å². The summed E-state index contributed by atoms with van der Waals surface area (Å²) in [5.41, 5.74) is 6.34. The van der Waals surface area contributed by atoms with Gasteiger partial charge in [-0.3, -0.25) is 0 Å². The first-order valence-electron chi connectivity index (χ1n) is 11.3. The maximum atomic E-state index is 3.35. The molecule has 0 aliphatic heterocycles. The van der Waals surface area contributed by atoms with E-state index in [1.54, 1.807) is 0 Å². The van der Waals surface area contributed by atoms with Gasteiger partial charge in [-0.2, -0.15) is 0 Å². The lowest BCUT2D eigenvalue weighted by Gasteiger charge is -2.28. The van der Waals surface area contributed by atoms with Crippen LogP contribution in [0.2, 0.25) is 0 Å². The lowest BCUT2D eigenvalue weighted by Crippen LogP contribution is -2.12. The summed E-state index contributed by atoms with van der Waals surface area (Å²) < 4.78 is 0. The van der Waals surface area contributed by atoms with Crippen molar-refractivity contribution in [3.05, 3.63) is 70.3 Å². The van der Waals surface area contributed by atoms with Gasteiger partial charge < -0.3 is 0 Å². The molecule has 2 aromatic rings. The van der Waals surface area contributed by atoms with Crippen LogP contribution in [0.15, 0.2) is 42.5 Å². The zero-order valence-corrected chi connectivity index (χ0v) is 19.2. The van der Waals surface area contributed by atoms with E-state index in [-0.39, 0.29) is 0 Å². The molecule has 0 aromatic heterocycles. The molecule has 3 rings (SSSR count). The van der Waals surface area contributed by atoms with E-state index in [0.29, 0.717) is 0 Å². The standard InChI is InChI=1S/C24H28.2C2H6/c1-4-20-9-13-23(14-10-20)24-16-15-22(19(3)17-24)12-11-21-7-5-18(2)6-8-21;2*1-2/h5-8,15-17,20,23H,4,9-10,13-14H2,1-3H3;2*1-2H3. The monoisotopic (exact) mass is 376 g/mol. The van der Waals surface area contributed by atoms with Gasteiger partial charge in [0.05, 0.1) is 0 Å². The fourth-order valence-corrected chi connectivity index (χ4v) is 3.76. The highest BCUT2D eigenvalue weighted by atomic mass is 14.3. The first-order valence-corrected chi connectivity index (χ1v) is 11.3. The average molecular weight is 377 g/mol. The highest BCUT2D eigenvalue weighted by Crippen LogP contribution is 2.37. The molecule has 0 atom stereocenters. The molecule has 0 N–H and O–H groups in total. The predicted octanol–water partition coefficient (Wildman–Crippen LogP) is 8.44.